The molecule has 4 N–H and O–H groups in total. The van der Waals surface area contributed by atoms with Crippen LogP contribution in [0.1, 0.15) is 188 Å². The number of aliphatic hydroxyl groups is 1. The van der Waals surface area contributed by atoms with Crippen LogP contribution in [-0.2, 0) is 37.7 Å². The number of rotatable bonds is 32. The van der Waals surface area contributed by atoms with Crippen LogP contribution in [0, 0.1) is 0 Å². The number of aliphatic hydroxyl groups excluding tert-OH is 1. The molecule has 0 saturated carbocycles. The second kappa shape index (κ2) is 29.8. The molecular formula is C38H72NO11P. The van der Waals surface area contributed by atoms with E-state index in [0.717, 1.165) is 96.3 Å². The van der Waals surface area contributed by atoms with E-state index >= 15 is 0 Å². The Labute approximate surface area is 308 Å². The topological polar surface area (TPSA) is 178 Å². The summed E-state index contributed by atoms with van der Waals surface area (Å²) in [6.45, 7) is 5.71. The number of esters is 2. The maximum absolute atomic E-state index is 13.3. The summed E-state index contributed by atoms with van der Waals surface area (Å²) in [5.74, 6) is -1.66. The fraction of sp³-hybridized carbons (Fsp3) is 0.921. The maximum Gasteiger partial charge on any atom is 0.470 e. The molecule has 1 heterocycles. The van der Waals surface area contributed by atoms with Gasteiger partial charge in [0.1, 0.15) is 18.2 Å². The molecule has 300 valence electrons. The third kappa shape index (κ3) is 23.7. The first kappa shape index (κ1) is 47.5. The van der Waals surface area contributed by atoms with Gasteiger partial charge in [-0.3, -0.25) is 18.9 Å². The Morgan fingerprint density at radius 3 is 1.39 bits per heavy atom. The summed E-state index contributed by atoms with van der Waals surface area (Å²) in [4.78, 5) is 58.9. The Hall–Kier alpha value is -1.56. The number of phosphoric ester groups is 1. The highest BCUT2D eigenvalue weighted by Crippen LogP contribution is 2.42. The largest absolute Gasteiger partial charge is 0.470 e. The normalized spacial score (nSPS) is 20.6. The van der Waals surface area contributed by atoms with Gasteiger partial charge in [0.15, 0.2) is 6.10 Å². The Balaban J connectivity index is 3.05. The van der Waals surface area contributed by atoms with Crippen LogP contribution in [0.4, 0.5) is 0 Å². The zero-order valence-electron chi connectivity index (χ0n) is 32.0. The van der Waals surface area contributed by atoms with Crippen molar-refractivity contribution in [2.24, 2.45) is 0 Å². The van der Waals surface area contributed by atoms with Gasteiger partial charge in [-0.1, -0.05) is 149 Å². The van der Waals surface area contributed by atoms with E-state index in [1.165, 1.54) is 32.1 Å². The van der Waals surface area contributed by atoms with Crippen molar-refractivity contribution in [1.82, 2.24) is 5.32 Å². The summed E-state index contributed by atoms with van der Waals surface area (Å²) in [6, 6.07) is -1.33. The number of hydrogen-bond acceptors (Lipinski definition) is 9. The molecule has 1 aliphatic heterocycles. The van der Waals surface area contributed by atoms with Crippen LogP contribution in [0.5, 0.6) is 0 Å². The van der Waals surface area contributed by atoms with Crippen molar-refractivity contribution >= 4 is 25.7 Å². The minimum absolute atomic E-state index is 0.0411. The Morgan fingerprint density at radius 2 is 0.980 bits per heavy atom. The first-order chi connectivity index (χ1) is 24.6. The molecule has 12 nitrogen and oxygen atoms in total. The van der Waals surface area contributed by atoms with Gasteiger partial charge < -0.3 is 34.4 Å². The van der Waals surface area contributed by atoms with Crippen molar-refractivity contribution in [3.05, 3.63) is 0 Å². The SMILES string of the molecule is CCCCCCCCCCCC(=O)N[C@H]1[C@H](OC(=O)CCCCCCCCC)O[C@H](CO)[C@@H](OP(=O)(O)O)[C@@H]1OC(=O)CCCCCCCCC. The van der Waals surface area contributed by atoms with Crippen molar-refractivity contribution in [2.75, 3.05) is 6.61 Å². The lowest BCUT2D eigenvalue weighted by Gasteiger charge is -2.44. The smallest absolute Gasteiger partial charge is 0.457 e. The number of amides is 1. The van der Waals surface area contributed by atoms with Crippen LogP contribution in [0.25, 0.3) is 0 Å². The standard InChI is InChI=1S/C38H72NO11P/c1-4-7-10-13-16-17-20-21-24-27-32(41)39-35-37(48-33(42)28-25-22-18-14-11-8-5-2)36(50-51(44,45)46)31(30-40)47-38(35)49-34(43)29-26-23-19-15-12-9-6-3/h31,35-38,40H,4-30H2,1-3H3,(H,39,41)(H2,44,45,46)/t31-,35-,36-,37-,38+/m1/s1. The molecule has 0 aromatic carbocycles. The molecule has 0 aromatic rings. The minimum Gasteiger partial charge on any atom is -0.457 e. The average Bonchev–Trinajstić information content (AvgIpc) is 3.08. The molecule has 1 rings (SSSR count). The summed E-state index contributed by atoms with van der Waals surface area (Å²) < 4.78 is 34.4. The Kier molecular flexibility index (Phi) is 27.8. The van der Waals surface area contributed by atoms with Gasteiger partial charge in [-0.2, -0.15) is 0 Å². The molecule has 0 radical (unpaired) electrons. The highest BCUT2D eigenvalue weighted by atomic mass is 31.2. The zero-order chi connectivity index (χ0) is 37.7. The van der Waals surface area contributed by atoms with Gasteiger partial charge >= 0.3 is 19.8 Å². The number of carbonyl (C=O) groups excluding carboxylic acids is 3. The molecule has 0 bridgehead atoms. The van der Waals surface area contributed by atoms with Crippen LogP contribution in [0.3, 0.4) is 0 Å². The highest BCUT2D eigenvalue weighted by molar-refractivity contribution is 7.46. The van der Waals surface area contributed by atoms with Crippen LogP contribution < -0.4 is 5.32 Å². The maximum atomic E-state index is 13.3. The number of phosphoric acid groups is 1. The van der Waals surface area contributed by atoms with E-state index in [4.69, 9.17) is 18.7 Å². The molecule has 0 spiro atoms. The summed E-state index contributed by atoms with van der Waals surface area (Å²) in [5, 5.41) is 12.9. The summed E-state index contributed by atoms with van der Waals surface area (Å²) in [6.07, 6.45) is 17.7. The van der Waals surface area contributed by atoms with Crippen molar-refractivity contribution < 1.29 is 52.6 Å². The number of unbranched alkanes of at least 4 members (excludes halogenated alkanes) is 20. The fourth-order valence-electron chi connectivity index (χ4n) is 6.44. The summed E-state index contributed by atoms with van der Waals surface area (Å²) >= 11 is 0. The Bertz CT molecular complexity index is 962. The van der Waals surface area contributed by atoms with Gasteiger partial charge in [0.2, 0.25) is 12.2 Å². The van der Waals surface area contributed by atoms with Crippen LogP contribution in [0.15, 0.2) is 0 Å². The predicted molar refractivity (Wildman–Crippen MR) is 198 cm³/mol. The summed E-state index contributed by atoms with van der Waals surface area (Å²) in [5.41, 5.74) is 0. The fourth-order valence-corrected chi connectivity index (χ4v) is 7.01. The number of nitrogens with one attached hydrogen (secondary N) is 1. The van der Waals surface area contributed by atoms with E-state index in [2.05, 4.69) is 26.1 Å². The minimum atomic E-state index is -5.18. The van der Waals surface area contributed by atoms with E-state index in [1.807, 2.05) is 0 Å². The molecule has 0 unspecified atom stereocenters. The van der Waals surface area contributed by atoms with Gasteiger partial charge in [0.25, 0.3) is 0 Å². The number of ether oxygens (including phenoxy) is 3. The lowest BCUT2D eigenvalue weighted by Crippen LogP contribution is -2.66. The monoisotopic (exact) mass is 749 g/mol. The lowest BCUT2D eigenvalue weighted by molar-refractivity contribution is -0.264. The molecule has 51 heavy (non-hydrogen) atoms. The lowest BCUT2D eigenvalue weighted by atomic mass is 9.96. The van der Waals surface area contributed by atoms with E-state index in [0.29, 0.717) is 19.3 Å². The Morgan fingerprint density at radius 1 is 0.588 bits per heavy atom. The number of hydrogen-bond donors (Lipinski definition) is 4. The third-order valence-corrected chi connectivity index (χ3v) is 9.92. The van der Waals surface area contributed by atoms with Crippen molar-refractivity contribution in [3.8, 4) is 0 Å². The van der Waals surface area contributed by atoms with Crippen LogP contribution in [-0.4, -0.2) is 70.0 Å². The zero-order valence-corrected chi connectivity index (χ0v) is 32.9. The molecule has 0 aromatic heterocycles. The first-order valence-corrected chi connectivity index (χ1v) is 21.8. The summed E-state index contributed by atoms with van der Waals surface area (Å²) in [7, 11) is -5.18. The van der Waals surface area contributed by atoms with E-state index in [1.54, 1.807) is 0 Å². The van der Waals surface area contributed by atoms with Crippen molar-refractivity contribution in [3.63, 3.8) is 0 Å². The van der Waals surface area contributed by atoms with Gasteiger partial charge in [-0.15, -0.1) is 0 Å². The van der Waals surface area contributed by atoms with Crippen LogP contribution >= 0.6 is 7.82 Å². The number of carbonyl (C=O) groups is 3. The molecule has 0 aliphatic carbocycles. The quantitative estimate of drug-likeness (QED) is 0.0295. The van der Waals surface area contributed by atoms with Gasteiger partial charge in [0, 0.05) is 19.3 Å². The molecule has 1 fully saturated rings. The van der Waals surface area contributed by atoms with Crippen molar-refractivity contribution in [2.45, 2.75) is 218 Å². The second-order valence-electron chi connectivity index (χ2n) is 14.1. The van der Waals surface area contributed by atoms with Gasteiger partial charge in [-0.25, -0.2) is 4.57 Å². The van der Waals surface area contributed by atoms with Gasteiger partial charge in [-0.05, 0) is 19.3 Å². The predicted octanol–water partition coefficient (Wildman–Crippen LogP) is 8.32. The molecule has 13 heteroatoms. The average molecular weight is 750 g/mol. The highest BCUT2D eigenvalue weighted by Gasteiger charge is 2.52. The van der Waals surface area contributed by atoms with Crippen molar-refractivity contribution in [1.29, 1.82) is 0 Å². The van der Waals surface area contributed by atoms with E-state index < -0.39 is 62.9 Å². The van der Waals surface area contributed by atoms with E-state index in [9.17, 15) is 33.8 Å². The second-order valence-corrected chi connectivity index (χ2v) is 15.3. The van der Waals surface area contributed by atoms with E-state index in [-0.39, 0.29) is 19.3 Å². The molecule has 1 aliphatic rings. The third-order valence-electron chi connectivity index (χ3n) is 9.40. The van der Waals surface area contributed by atoms with Crippen LogP contribution in [0.2, 0.25) is 0 Å². The molecule has 5 atom stereocenters. The first-order valence-electron chi connectivity index (χ1n) is 20.2. The van der Waals surface area contributed by atoms with Gasteiger partial charge in [0.05, 0.1) is 6.61 Å². The molecule has 1 saturated heterocycles. The molecular weight excluding hydrogens is 677 g/mol. The molecule has 1 amide bonds.